The number of hydrogen-bond acceptors (Lipinski definition) is 3. The quantitative estimate of drug-likeness (QED) is 0.411. The Morgan fingerprint density at radius 3 is 2.92 bits per heavy atom. The van der Waals surface area contributed by atoms with Crippen LogP contribution in [0.5, 0.6) is 0 Å². The van der Waals surface area contributed by atoms with Crippen LogP contribution in [0.1, 0.15) is 25.1 Å². The van der Waals surface area contributed by atoms with E-state index in [0.29, 0.717) is 0 Å². The maximum atomic E-state index is 5.45. The summed E-state index contributed by atoms with van der Waals surface area (Å²) in [4.78, 5) is 0. The summed E-state index contributed by atoms with van der Waals surface area (Å²) in [5.41, 5.74) is 4.93. The maximum Gasteiger partial charge on any atom is 0.0665 e. The number of aryl methyl sites for hydroxylation is 1. The maximum absolute atomic E-state index is 5.45. The Morgan fingerprint density at radius 1 is 1.85 bits per heavy atom. The van der Waals surface area contributed by atoms with Crippen LogP contribution in [0.2, 0.25) is 0 Å². The predicted octanol–water partition coefficient (Wildman–Crippen LogP) is 0.891. The molecule has 72 valence electrons. The van der Waals surface area contributed by atoms with Crippen molar-refractivity contribution in [2.45, 2.75) is 19.4 Å². The van der Waals surface area contributed by atoms with Crippen LogP contribution < -0.4 is 11.3 Å². The molecular formula is C9H16N4. The molecule has 1 heterocycles. The summed E-state index contributed by atoms with van der Waals surface area (Å²) in [5.74, 6) is 5.45. The molecule has 1 rings (SSSR count). The zero-order valence-electron chi connectivity index (χ0n) is 8.12. The third-order valence-electron chi connectivity index (χ3n) is 1.97. The average molecular weight is 180 g/mol. The molecule has 0 amide bonds. The van der Waals surface area contributed by atoms with E-state index >= 15 is 0 Å². The summed E-state index contributed by atoms with van der Waals surface area (Å²) in [6, 6.07) is 2.05. The van der Waals surface area contributed by atoms with Crippen LogP contribution in [0.15, 0.2) is 24.4 Å². The molecule has 4 heteroatoms. The van der Waals surface area contributed by atoms with Crippen molar-refractivity contribution in [2.75, 3.05) is 0 Å². The van der Waals surface area contributed by atoms with Crippen LogP contribution in [0, 0.1) is 0 Å². The minimum atomic E-state index is 0.102. The number of nitrogens with one attached hydrogen (secondary N) is 1. The second-order valence-corrected chi connectivity index (χ2v) is 3.26. The van der Waals surface area contributed by atoms with Crippen molar-refractivity contribution >= 4 is 0 Å². The van der Waals surface area contributed by atoms with E-state index in [2.05, 4.69) is 17.1 Å². The Kier molecular flexibility index (Phi) is 3.22. The third-order valence-corrected chi connectivity index (χ3v) is 1.97. The van der Waals surface area contributed by atoms with Crippen molar-refractivity contribution in [1.82, 2.24) is 15.2 Å². The topological polar surface area (TPSA) is 55.9 Å². The molecule has 0 bridgehead atoms. The Morgan fingerprint density at radius 2 is 2.54 bits per heavy atom. The fourth-order valence-electron chi connectivity index (χ4n) is 1.32. The van der Waals surface area contributed by atoms with E-state index in [1.807, 2.05) is 24.7 Å². The first-order chi connectivity index (χ1) is 6.15. The molecule has 0 aromatic carbocycles. The van der Waals surface area contributed by atoms with Crippen molar-refractivity contribution < 1.29 is 0 Å². The summed E-state index contributed by atoms with van der Waals surface area (Å²) in [7, 11) is 1.90. The van der Waals surface area contributed by atoms with Gasteiger partial charge in [0, 0.05) is 13.2 Å². The monoisotopic (exact) mass is 180 g/mol. The molecule has 3 N–H and O–H groups in total. The van der Waals surface area contributed by atoms with Crippen LogP contribution in [-0.2, 0) is 7.05 Å². The number of nitrogens with two attached hydrogens (primary N) is 1. The molecule has 0 saturated carbocycles. The van der Waals surface area contributed by atoms with E-state index in [1.165, 1.54) is 0 Å². The molecule has 0 spiro atoms. The zero-order chi connectivity index (χ0) is 9.84. The van der Waals surface area contributed by atoms with Gasteiger partial charge < -0.3 is 0 Å². The van der Waals surface area contributed by atoms with Gasteiger partial charge in [-0.2, -0.15) is 5.10 Å². The molecule has 0 aliphatic rings. The summed E-state index contributed by atoms with van der Waals surface area (Å²) < 4.78 is 1.81. The fourth-order valence-corrected chi connectivity index (χ4v) is 1.32. The highest BCUT2D eigenvalue weighted by Gasteiger charge is 2.12. The van der Waals surface area contributed by atoms with Gasteiger partial charge >= 0.3 is 0 Å². The van der Waals surface area contributed by atoms with Crippen LogP contribution in [-0.4, -0.2) is 9.78 Å². The van der Waals surface area contributed by atoms with Crippen molar-refractivity contribution in [2.24, 2.45) is 12.9 Å². The number of hydrogen-bond donors (Lipinski definition) is 2. The van der Waals surface area contributed by atoms with Crippen molar-refractivity contribution in [3.63, 3.8) is 0 Å². The molecule has 1 aromatic heterocycles. The lowest BCUT2D eigenvalue weighted by molar-refractivity contribution is 0.507. The summed E-state index contributed by atoms with van der Waals surface area (Å²) >= 11 is 0. The molecule has 0 aliphatic carbocycles. The molecule has 1 atom stereocenters. The molecule has 0 saturated heterocycles. The van der Waals surface area contributed by atoms with Gasteiger partial charge in [-0.25, -0.2) is 0 Å². The first kappa shape index (κ1) is 9.95. The van der Waals surface area contributed by atoms with Crippen LogP contribution in [0.4, 0.5) is 0 Å². The molecule has 4 nitrogen and oxygen atoms in total. The first-order valence-electron chi connectivity index (χ1n) is 4.23. The van der Waals surface area contributed by atoms with Gasteiger partial charge in [0.15, 0.2) is 0 Å². The lowest BCUT2D eigenvalue weighted by Gasteiger charge is -2.15. The van der Waals surface area contributed by atoms with E-state index in [0.717, 1.165) is 17.7 Å². The number of rotatable bonds is 4. The van der Waals surface area contributed by atoms with Gasteiger partial charge in [0.25, 0.3) is 0 Å². The van der Waals surface area contributed by atoms with Gasteiger partial charge in [0.05, 0.1) is 11.7 Å². The van der Waals surface area contributed by atoms with E-state index in [4.69, 9.17) is 5.84 Å². The third kappa shape index (κ3) is 2.40. The number of aromatic nitrogens is 2. The highest BCUT2D eigenvalue weighted by Crippen LogP contribution is 2.17. The van der Waals surface area contributed by atoms with E-state index in [1.54, 1.807) is 6.20 Å². The standard InChI is InChI=1S/C9H16N4/c1-7(2)6-8(12-10)9-4-5-11-13(9)3/h4-5,8,12H,1,6,10H2,2-3H3. The second kappa shape index (κ2) is 4.20. The van der Waals surface area contributed by atoms with Crippen molar-refractivity contribution in [3.05, 3.63) is 30.1 Å². The molecule has 0 radical (unpaired) electrons. The second-order valence-electron chi connectivity index (χ2n) is 3.26. The van der Waals surface area contributed by atoms with Gasteiger partial charge in [0.2, 0.25) is 0 Å². The predicted molar refractivity (Wildman–Crippen MR) is 52.7 cm³/mol. The average Bonchev–Trinajstić information content (AvgIpc) is 2.47. The van der Waals surface area contributed by atoms with Gasteiger partial charge in [-0.3, -0.25) is 16.0 Å². The number of nitrogens with zero attached hydrogens (tertiary/aromatic N) is 2. The van der Waals surface area contributed by atoms with E-state index in [9.17, 15) is 0 Å². The molecule has 0 aliphatic heterocycles. The van der Waals surface area contributed by atoms with Crippen LogP contribution in [0.3, 0.4) is 0 Å². The first-order valence-corrected chi connectivity index (χ1v) is 4.23. The highest BCUT2D eigenvalue weighted by atomic mass is 15.3. The zero-order valence-corrected chi connectivity index (χ0v) is 8.12. The molecule has 1 unspecified atom stereocenters. The summed E-state index contributed by atoms with van der Waals surface area (Å²) in [6.45, 7) is 5.84. The Balaban J connectivity index is 2.78. The Hall–Kier alpha value is -1.13. The molecule has 13 heavy (non-hydrogen) atoms. The SMILES string of the molecule is C=C(C)CC(NN)c1ccnn1C. The largest absolute Gasteiger partial charge is 0.271 e. The Bertz CT molecular complexity index is 290. The summed E-state index contributed by atoms with van der Waals surface area (Å²) in [6.07, 6.45) is 2.59. The van der Waals surface area contributed by atoms with E-state index in [-0.39, 0.29) is 6.04 Å². The summed E-state index contributed by atoms with van der Waals surface area (Å²) in [5, 5.41) is 4.08. The number of hydrazine groups is 1. The smallest absolute Gasteiger partial charge is 0.0665 e. The van der Waals surface area contributed by atoms with Gasteiger partial charge in [0.1, 0.15) is 0 Å². The lowest BCUT2D eigenvalue weighted by atomic mass is 10.1. The minimum Gasteiger partial charge on any atom is -0.271 e. The van der Waals surface area contributed by atoms with Crippen LogP contribution >= 0.6 is 0 Å². The van der Waals surface area contributed by atoms with E-state index < -0.39 is 0 Å². The molecular weight excluding hydrogens is 164 g/mol. The molecule has 0 fully saturated rings. The van der Waals surface area contributed by atoms with Crippen molar-refractivity contribution in [1.29, 1.82) is 0 Å². The fraction of sp³-hybridized carbons (Fsp3) is 0.444. The lowest BCUT2D eigenvalue weighted by Crippen LogP contribution is -2.29. The van der Waals surface area contributed by atoms with Crippen molar-refractivity contribution in [3.8, 4) is 0 Å². The Labute approximate surface area is 78.4 Å². The van der Waals surface area contributed by atoms with Gasteiger partial charge in [-0.05, 0) is 19.4 Å². The molecule has 1 aromatic rings. The minimum absolute atomic E-state index is 0.102. The highest BCUT2D eigenvalue weighted by molar-refractivity contribution is 5.09. The van der Waals surface area contributed by atoms with Gasteiger partial charge in [-0.15, -0.1) is 6.58 Å². The normalized spacial score (nSPS) is 12.8. The van der Waals surface area contributed by atoms with Gasteiger partial charge in [-0.1, -0.05) is 5.57 Å². The van der Waals surface area contributed by atoms with Crippen LogP contribution in [0.25, 0.3) is 0 Å².